The number of hydrogen-bond donors (Lipinski definition) is 2. The third-order valence-corrected chi connectivity index (χ3v) is 4.62. The Balaban J connectivity index is 2.17. The van der Waals surface area contributed by atoms with Crippen molar-refractivity contribution in [2.45, 2.75) is 19.3 Å². The average Bonchev–Trinajstić information content (AvgIpc) is 2.97. The van der Waals surface area contributed by atoms with Gasteiger partial charge in [-0.05, 0) is 31.0 Å². The van der Waals surface area contributed by atoms with Gasteiger partial charge >= 0.3 is 10.2 Å². The van der Waals surface area contributed by atoms with Crippen molar-refractivity contribution in [2.24, 2.45) is 0 Å². The van der Waals surface area contributed by atoms with E-state index in [9.17, 15) is 12.8 Å². The van der Waals surface area contributed by atoms with E-state index in [-0.39, 0.29) is 24.3 Å². The van der Waals surface area contributed by atoms with Crippen LogP contribution in [-0.4, -0.2) is 37.5 Å². The molecule has 0 radical (unpaired) electrons. The minimum atomic E-state index is -3.60. The summed E-state index contributed by atoms with van der Waals surface area (Å²) in [4.78, 5) is 0. The predicted octanol–water partition coefficient (Wildman–Crippen LogP) is 1.31. The number of nitrogens with one attached hydrogen (secondary N) is 1. The molecule has 2 N–H and O–H groups in total. The van der Waals surface area contributed by atoms with Crippen molar-refractivity contribution in [3.63, 3.8) is 0 Å². The Morgan fingerprint density at radius 3 is 2.71 bits per heavy atom. The highest BCUT2D eigenvalue weighted by atomic mass is 32.2. The number of rotatable bonds is 4. The van der Waals surface area contributed by atoms with Gasteiger partial charge in [-0.2, -0.15) is 12.7 Å². The van der Waals surface area contributed by atoms with E-state index in [0.29, 0.717) is 13.1 Å². The minimum Gasteiger partial charge on any atom is -0.395 e. The molecule has 0 aromatic heterocycles. The maximum absolute atomic E-state index is 13.6. The van der Waals surface area contributed by atoms with Crippen molar-refractivity contribution in [2.75, 3.05) is 24.4 Å². The highest BCUT2D eigenvalue weighted by Gasteiger charge is 2.25. The quantitative estimate of drug-likeness (QED) is 0.824. The molecule has 1 aromatic rings. The number of halogens is 1. The van der Waals surface area contributed by atoms with Crippen molar-refractivity contribution in [1.29, 1.82) is 0 Å². The molecule has 1 fully saturated rings. The fourth-order valence-corrected chi connectivity index (χ4v) is 3.33. The fourth-order valence-electron chi connectivity index (χ4n) is 2.04. The Morgan fingerprint density at radius 1 is 1.33 bits per heavy atom. The van der Waals surface area contributed by atoms with E-state index in [1.807, 2.05) is 0 Å². The normalized spacial score (nSPS) is 15.5. The molecular formula is C14H17FN2O3S. The summed E-state index contributed by atoms with van der Waals surface area (Å²) in [6.45, 7) is 0.898. The molecule has 1 aromatic carbocycles. The Morgan fingerprint density at radius 2 is 2.05 bits per heavy atom. The second kappa shape index (κ2) is 6.89. The molecule has 2 rings (SSSR count). The van der Waals surface area contributed by atoms with Crippen LogP contribution in [-0.2, 0) is 10.2 Å². The zero-order chi connectivity index (χ0) is 15.3. The first-order valence-corrected chi connectivity index (χ1v) is 8.14. The summed E-state index contributed by atoms with van der Waals surface area (Å²) in [6.07, 6.45) is 1.94. The van der Waals surface area contributed by atoms with Crippen molar-refractivity contribution in [1.82, 2.24) is 4.31 Å². The average molecular weight is 312 g/mol. The zero-order valence-corrected chi connectivity index (χ0v) is 12.3. The summed E-state index contributed by atoms with van der Waals surface area (Å²) in [5.41, 5.74) is 0.377. The van der Waals surface area contributed by atoms with Crippen LogP contribution in [0.25, 0.3) is 0 Å². The molecule has 7 heteroatoms. The van der Waals surface area contributed by atoms with Crippen LogP contribution in [0.15, 0.2) is 18.2 Å². The van der Waals surface area contributed by atoms with Crippen molar-refractivity contribution in [3.05, 3.63) is 29.6 Å². The van der Waals surface area contributed by atoms with Gasteiger partial charge in [-0.3, -0.25) is 4.72 Å². The molecular weight excluding hydrogens is 295 g/mol. The van der Waals surface area contributed by atoms with Gasteiger partial charge in [0, 0.05) is 19.5 Å². The van der Waals surface area contributed by atoms with Crippen LogP contribution in [0.2, 0.25) is 0 Å². The summed E-state index contributed by atoms with van der Waals surface area (Å²) in [5.74, 6) is 4.66. The van der Waals surface area contributed by atoms with Gasteiger partial charge in [0.2, 0.25) is 0 Å². The third-order valence-electron chi connectivity index (χ3n) is 3.08. The van der Waals surface area contributed by atoms with Crippen LogP contribution in [0.3, 0.4) is 0 Å². The summed E-state index contributed by atoms with van der Waals surface area (Å²) in [5, 5.41) is 8.65. The van der Waals surface area contributed by atoms with Crippen molar-refractivity contribution < 1.29 is 17.9 Å². The smallest absolute Gasteiger partial charge is 0.301 e. The summed E-state index contributed by atoms with van der Waals surface area (Å²) in [7, 11) is -3.60. The first kappa shape index (κ1) is 15.8. The summed E-state index contributed by atoms with van der Waals surface area (Å²) < 4.78 is 41.6. The number of benzene rings is 1. The van der Waals surface area contributed by atoms with E-state index >= 15 is 0 Å². The molecule has 0 unspecified atom stereocenters. The van der Waals surface area contributed by atoms with Gasteiger partial charge in [-0.1, -0.05) is 11.8 Å². The van der Waals surface area contributed by atoms with E-state index in [0.717, 1.165) is 12.8 Å². The van der Waals surface area contributed by atoms with Gasteiger partial charge in [0.15, 0.2) is 0 Å². The van der Waals surface area contributed by atoms with E-state index in [4.69, 9.17) is 5.11 Å². The molecule has 21 heavy (non-hydrogen) atoms. The summed E-state index contributed by atoms with van der Waals surface area (Å²) >= 11 is 0. The third kappa shape index (κ3) is 4.17. The Bertz CT molecular complexity index is 659. The molecule has 114 valence electrons. The number of aliphatic hydroxyl groups is 1. The molecule has 0 spiro atoms. The van der Waals surface area contributed by atoms with E-state index in [1.54, 1.807) is 0 Å². The second-order valence-electron chi connectivity index (χ2n) is 4.68. The van der Waals surface area contributed by atoms with Crippen LogP contribution in [0.5, 0.6) is 0 Å². The Labute approximate surface area is 124 Å². The lowest BCUT2D eigenvalue weighted by Crippen LogP contribution is -2.33. The maximum atomic E-state index is 13.6. The molecule has 1 heterocycles. The fraction of sp³-hybridized carbons (Fsp3) is 0.429. The first-order valence-electron chi connectivity index (χ1n) is 6.70. The highest BCUT2D eigenvalue weighted by Crippen LogP contribution is 2.19. The van der Waals surface area contributed by atoms with Crippen LogP contribution >= 0.6 is 0 Å². The lowest BCUT2D eigenvalue weighted by molar-refractivity contribution is 0.305. The van der Waals surface area contributed by atoms with Gasteiger partial charge in [-0.25, -0.2) is 4.39 Å². The molecule has 0 aliphatic carbocycles. The van der Waals surface area contributed by atoms with E-state index in [2.05, 4.69) is 16.6 Å². The Hall–Kier alpha value is -1.62. The van der Waals surface area contributed by atoms with E-state index in [1.165, 1.54) is 22.5 Å². The molecule has 1 aliphatic rings. The number of nitrogens with zero attached hydrogens (tertiary/aromatic N) is 1. The van der Waals surface area contributed by atoms with Crippen molar-refractivity contribution >= 4 is 15.9 Å². The van der Waals surface area contributed by atoms with Crippen LogP contribution in [0.1, 0.15) is 24.8 Å². The molecule has 1 aliphatic heterocycles. The minimum absolute atomic E-state index is 0.101. The largest absolute Gasteiger partial charge is 0.395 e. The number of aliphatic hydroxyl groups excluding tert-OH is 1. The summed E-state index contributed by atoms with van der Waals surface area (Å²) in [6, 6.07) is 3.89. The van der Waals surface area contributed by atoms with Crippen LogP contribution in [0.4, 0.5) is 10.1 Å². The lowest BCUT2D eigenvalue weighted by atomic mass is 10.2. The first-order chi connectivity index (χ1) is 10.0. The highest BCUT2D eigenvalue weighted by molar-refractivity contribution is 7.90. The predicted molar refractivity (Wildman–Crippen MR) is 78.3 cm³/mol. The number of hydrogen-bond acceptors (Lipinski definition) is 3. The standard InChI is InChI=1S/C14H17FN2O3S/c15-14-7-6-13(11-12(14)5-1-4-10-18)16-21(19,20)17-8-2-3-9-17/h6-7,11,16,18H,2-4,8-10H2. The molecule has 0 amide bonds. The molecule has 1 saturated heterocycles. The number of anilines is 1. The molecule has 0 bridgehead atoms. The van der Waals surface area contributed by atoms with E-state index < -0.39 is 16.0 Å². The van der Waals surface area contributed by atoms with Crippen molar-refractivity contribution in [3.8, 4) is 11.8 Å². The van der Waals surface area contributed by atoms with Gasteiger partial charge in [0.25, 0.3) is 0 Å². The van der Waals surface area contributed by atoms with Gasteiger partial charge < -0.3 is 5.11 Å². The zero-order valence-electron chi connectivity index (χ0n) is 11.5. The Kier molecular flexibility index (Phi) is 5.17. The second-order valence-corrected chi connectivity index (χ2v) is 6.35. The van der Waals surface area contributed by atoms with Gasteiger partial charge in [-0.15, -0.1) is 0 Å². The van der Waals surface area contributed by atoms with Gasteiger partial charge in [0.05, 0.1) is 17.9 Å². The monoisotopic (exact) mass is 312 g/mol. The maximum Gasteiger partial charge on any atom is 0.301 e. The molecule has 5 nitrogen and oxygen atoms in total. The van der Waals surface area contributed by atoms with Crippen LogP contribution < -0.4 is 4.72 Å². The molecule has 0 saturated carbocycles. The van der Waals surface area contributed by atoms with Crippen LogP contribution in [0, 0.1) is 17.7 Å². The molecule has 0 atom stereocenters. The lowest BCUT2D eigenvalue weighted by Gasteiger charge is -2.17. The SMILES string of the molecule is O=S(=O)(Nc1ccc(F)c(C#CCCO)c1)N1CCCC1. The topological polar surface area (TPSA) is 69.6 Å². The van der Waals surface area contributed by atoms with Gasteiger partial charge in [0.1, 0.15) is 5.82 Å².